The summed E-state index contributed by atoms with van der Waals surface area (Å²) < 4.78 is 37.8. The number of alkyl halides is 3. The molecule has 2 rings (SSSR count). The normalized spacial score (nSPS) is 11.9. The Morgan fingerprint density at radius 3 is 2.39 bits per heavy atom. The van der Waals surface area contributed by atoms with Crippen LogP contribution in [-0.2, 0) is 6.18 Å². The lowest BCUT2D eigenvalue weighted by molar-refractivity contribution is -0.140. The van der Waals surface area contributed by atoms with Gasteiger partial charge in [-0.3, -0.25) is 0 Å². The van der Waals surface area contributed by atoms with Gasteiger partial charge in [0.1, 0.15) is 11.2 Å². The van der Waals surface area contributed by atoms with Crippen molar-refractivity contribution in [3.05, 3.63) is 23.0 Å². The quantitative estimate of drug-likeness (QED) is 0.803. The third-order valence-corrected chi connectivity index (χ3v) is 2.56. The highest BCUT2D eigenvalue weighted by Gasteiger charge is 2.33. The third-order valence-electron chi connectivity index (χ3n) is 2.28. The number of anilines is 1. The lowest BCUT2D eigenvalue weighted by Gasteiger charge is -2.14. The summed E-state index contributed by atoms with van der Waals surface area (Å²) in [5.74, 6) is 0.237. The van der Waals surface area contributed by atoms with Crippen LogP contribution in [-0.4, -0.2) is 29.3 Å². The van der Waals surface area contributed by atoms with E-state index in [-0.39, 0.29) is 16.5 Å². The molecule has 2 heterocycles. The first-order valence-corrected chi connectivity index (χ1v) is 5.26. The van der Waals surface area contributed by atoms with Crippen LogP contribution in [0.5, 0.6) is 0 Å². The van der Waals surface area contributed by atoms with Crippen LogP contribution >= 0.6 is 11.6 Å². The molecule has 0 unspecified atom stereocenters. The first-order chi connectivity index (χ1) is 8.30. The van der Waals surface area contributed by atoms with E-state index in [1.54, 1.807) is 14.1 Å². The highest BCUT2D eigenvalue weighted by atomic mass is 35.5. The fourth-order valence-electron chi connectivity index (χ4n) is 1.45. The van der Waals surface area contributed by atoms with Crippen LogP contribution in [0.4, 0.5) is 19.0 Å². The van der Waals surface area contributed by atoms with Gasteiger partial charge in [-0.15, -0.1) is 10.2 Å². The minimum atomic E-state index is -4.51. The topological polar surface area (TPSA) is 41.9 Å². The van der Waals surface area contributed by atoms with Crippen molar-refractivity contribution in [1.82, 2.24) is 15.2 Å². The van der Waals surface area contributed by atoms with Gasteiger partial charge < -0.3 is 4.90 Å². The number of nitrogens with zero attached hydrogens (tertiary/aromatic N) is 4. The molecule has 0 saturated carbocycles. The molecule has 0 spiro atoms. The molecule has 2 aromatic heterocycles. The Morgan fingerprint density at radius 1 is 1.17 bits per heavy atom. The van der Waals surface area contributed by atoms with E-state index in [0.29, 0.717) is 5.39 Å². The van der Waals surface area contributed by atoms with Crippen molar-refractivity contribution in [2.75, 3.05) is 19.0 Å². The molecule has 2 aromatic rings. The molecule has 0 aliphatic heterocycles. The Bertz CT molecular complexity index is 597. The van der Waals surface area contributed by atoms with Gasteiger partial charge in [-0.2, -0.15) is 13.2 Å². The zero-order valence-corrected chi connectivity index (χ0v) is 10.2. The summed E-state index contributed by atoms with van der Waals surface area (Å²) in [6.45, 7) is 0. The molecule has 0 bridgehead atoms. The van der Waals surface area contributed by atoms with Gasteiger partial charge >= 0.3 is 6.18 Å². The van der Waals surface area contributed by atoms with E-state index in [1.807, 2.05) is 0 Å². The Kier molecular flexibility index (Phi) is 3.02. The van der Waals surface area contributed by atoms with E-state index >= 15 is 0 Å². The van der Waals surface area contributed by atoms with E-state index in [1.165, 1.54) is 11.0 Å². The smallest absolute Gasteiger partial charge is 0.359 e. The molecule has 96 valence electrons. The second-order valence-electron chi connectivity index (χ2n) is 3.80. The predicted molar refractivity (Wildman–Crippen MR) is 61.7 cm³/mol. The Balaban J connectivity index is 2.77. The largest absolute Gasteiger partial charge is 0.433 e. The third kappa shape index (κ3) is 2.17. The Morgan fingerprint density at radius 2 is 1.83 bits per heavy atom. The molecule has 0 amide bonds. The standard InChI is InChI=1S/C10H8ClF3N4/c1-18(2)9-7-5(8(11)16-17-9)3-4-6(15-7)10(12,13)14/h3-4H,1-2H3. The molecule has 0 aliphatic carbocycles. The maximum absolute atomic E-state index is 12.6. The monoisotopic (exact) mass is 276 g/mol. The number of halogens is 4. The van der Waals surface area contributed by atoms with Crippen molar-refractivity contribution < 1.29 is 13.2 Å². The highest BCUT2D eigenvalue weighted by Crippen LogP contribution is 2.32. The van der Waals surface area contributed by atoms with Crippen LogP contribution in [0.1, 0.15) is 5.69 Å². The molecule has 0 atom stereocenters. The lowest BCUT2D eigenvalue weighted by Crippen LogP contribution is -2.14. The van der Waals surface area contributed by atoms with Crippen molar-refractivity contribution >= 4 is 28.3 Å². The van der Waals surface area contributed by atoms with E-state index in [0.717, 1.165) is 6.07 Å². The predicted octanol–water partition coefficient (Wildman–Crippen LogP) is 2.76. The fourth-order valence-corrected chi connectivity index (χ4v) is 1.64. The minimum absolute atomic E-state index is 0.0248. The average Bonchev–Trinajstić information content (AvgIpc) is 2.27. The van der Waals surface area contributed by atoms with E-state index in [9.17, 15) is 13.2 Å². The van der Waals surface area contributed by atoms with Crippen LogP contribution in [0.3, 0.4) is 0 Å². The second-order valence-corrected chi connectivity index (χ2v) is 4.16. The maximum Gasteiger partial charge on any atom is 0.433 e. The molecule has 0 fully saturated rings. The Labute approximate surface area is 105 Å². The van der Waals surface area contributed by atoms with Crippen LogP contribution in [0.25, 0.3) is 10.9 Å². The zero-order chi connectivity index (χ0) is 13.5. The van der Waals surface area contributed by atoms with Gasteiger partial charge in [0.05, 0.1) is 0 Å². The molecular formula is C10H8ClF3N4. The number of rotatable bonds is 1. The first-order valence-electron chi connectivity index (χ1n) is 4.88. The molecule has 0 N–H and O–H groups in total. The molecule has 18 heavy (non-hydrogen) atoms. The van der Waals surface area contributed by atoms with Gasteiger partial charge in [0.2, 0.25) is 0 Å². The van der Waals surface area contributed by atoms with Crippen LogP contribution < -0.4 is 4.90 Å². The van der Waals surface area contributed by atoms with Crippen LogP contribution in [0, 0.1) is 0 Å². The van der Waals surface area contributed by atoms with Crippen molar-refractivity contribution in [1.29, 1.82) is 0 Å². The van der Waals surface area contributed by atoms with Crippen LogP contribution in [0.2, 0.25) is 5.15 Å². The van der Waals surface area contributed by atoms with Gasteiger partial charge in [0, 0.05) is 19.5 Å². The summed E-state index contributed by atoms with van der Waals surface area (Å²) in [4.78, 5) is 5.10. The number of pyridine rings is 1. The molecule has 0 saturated heterocycles. The van der Waals surface area contributed by atoms with Gasteiger partial charge in [-0.25, -0.2) is 4.98 Å². The summed E-state index contributed by atoms with van der Waals surface area (Å²) in [5, 5.41) is 7.78. The number of aromatic nitrogens is 3. The van der Waals surface area contributed by atoms with Gasteiger partial charge in [-0.1, -0.05) is 11.6 Å². The van der Waals surface area contributed by atoms with Crippen molar-refractivity contribution in [2.45, 2.75) is 6.18 Å². The minimum Gasteiger partial charge on any atom is -0.359 e. The average molecular weight is 277 g/mol. The lowest BCUT2D eigenvalue weighted by atomic mass is 10.2. The molecule has 8 heteroatoms. The first kappa shape index (κ1) is 12.8. The van der Waals surface area contributed by atoms with Crippen molar-refractivity contribution in [3.8, 4) is 0 Å². The van der Waals surface area contributed by atoms with E-state index in [2.05, 4.69) is 15.2 Å². The molecule has 0 aliphatic rings. The zero-order valence-electron chi connectivity index (χ0n) is 9.46. The molecular weight excluding hydrogens is 269 g/mol. The summed E-state index contributed by atoms with van der Waals surface area (Å²) in [6.07, 6.45) is -4.51. The Hall–Kier alpha value is -1.63. The number of fused-ring (bicyclic) bond motifs is 1. The van der Waals surface area contributed by atoms with E-state index < -0.39 is 11.9 Å². The SMILES string of the molecule is CN(C)c1nnc(Cl)c2ccc(C(F)(F)F)nc12. The second kappa shape index (κ2) is 4.24. The van der Waals surface area contributed by atoms with Gasteiger partial charge in [0.25, 0.3) is 0 Å². The van der Waals surface area contributed by atoms with Crippen molar-refractivity contribution in [2.24, 2.45) is 0 Å². The van der Waals surface area contributed by atoms with E-state index in [4.69, 9.17) is 11.6 Å². The van der Waals surface area contributed by atoms with Crippen LogP contribution in [0.15, 0.2) is 12.1 Å². The summed E-state index contributed by atoms with van der Waals surface area (Å²) in [5.41, 5.74) is -0.906. The summed E-state index contributed by atoms with van der Waals surface area (Å²) >= 11 is 5.79. The maximum atomic E-state index is 12.6. The highest BCUT2D eigenvalue weighted by molar-refractivity contribution is 6.34. The number of hydrogen-bond donors (Lipinski definition) is 0. The summed E-state index contributed by atoms with van der Waals surface area (Å²) in [7, 11) is 3.28. The van der Waals surface area contributed by atoms with Crippen molar-refractivity contribution in [3.63, 3.8) is 0 Å². The number of hydrogen-bond acceptors (Lipinski definition) is 4. The molecule has 4 nitrogen and oxygen atoms in total. The molecule has 0 radical (unpaired) electrons. The van der Waals surface area contributed by atoms with Gasteiger partial charge in [0.15, 0.2) is 11.0 Å². The fraction of sp³-hybridized carbons (Fsp3) is 0.300. The molecule has 0 aromatic carbocycles. The van der Waals surface area contributed by atoms with Gasteiger partial charge in [-0.05, 0) is 12.1 Å². The summed E-state index contributed by atoms with van der Waals surface area (Å²) in [6, 6.07) is 2.12.